The van der Waals surface area contributed by atoms with Crippen LogP contribution in [0, 0.1) is 20.8 Å². The Labute approximate surface area is 241 Å². The standard InChI is InChI=1S/C28H38ClN5O5S/c1-7-9-21(35)16-38-22-10-11-24(29)23(14-22)27-30-26(25-18(4)32-39-19(25)5)17(3)28(31-27)33-12-13-34(40(6,36)37)20(8-2)15-33/h10-11,14,20-21,35H,7-9,12-13,15-16H2,1-6H3/t20-,21-/m1/s1. The van der Waals surface area contributed by atoms with Crippen molar-refractivity contribution in [1.29, 1.82) is 0 Å². The second-order valence-corrected chi connectivity index (χ2v) is 12.7. The number of anilines is 1. The van der Waals surface area contributed by atoms with E-state index in [4.69, 9.17) is 30.8 Å². The van der Waals surface area contributed by atoms with Crippen LogP contribution in [0.4, 0.5) is 5.82 Å². The molecule has 12 heteroatoms. The Morgan fingerprint density at radius 2 is 1.95 bits per heavy atom. The fraction of sp³-hybridized carbons (Fsp3) is 0.536. The van der Waals surface area contributed by atoms with Gasteiger partial charge in [0.2, 0.25) is 10.0 Å². The van der Waals surface area contributed by atoms with Crippen molar-refractivity contribution in [2.45, 2.75) is 66.0 Å². The molecule has 0 saturated carbocycles. The highest BCUT2D eigenvalue weighted by Gasteiger charge is 2.34. The molecule has 1 saturated heterocycles. The smallest absolute Gasteiger partial charge is 0.211 e. The molecule has 0 radical (unpaired) electrons. The van der Waals surface area contributed by atoms with E-state index < -0.39 is 16.1 Å². The lowest BCUT2D eigenvalue weighted by molar-refractivity contribution is 0.0994. The molecule has 1 aromatic carbocycles. The number of aliphatic hydroxyl groups is 1. The van der Waals surface area contributed by atoms with Crippen LogP contribution >= 0.6 is 11.6 Å². The van der Waals surface area contributed by atoms with Crippen LogP contribution in [-0.2, 0) is 10.0 Å². The summed E-state index contributed by atoms with van der Waals surface area (Å²) < 4.78 is 37.7. The first kappa shape index (κ1) is 30.2. The molecule has 3 heterocycles. The first-order valence-corrected chi connectivity index (χ1v) is 15.8. The van der Waals surface area contributed by atoms with Crippen LogP contribution in [0.1, 0.15) is 50.1 Å². The van der Waals surface area contributed by atoms with Gasteiger partial charge in [0, 0.05) is 36.8 Å². The molecule has 1 aliphatic heterocycles. The van der Waals surface area contributed by atoms with Crippen molar-refractivity contribution in [2.24, 2.45) is 0 Å². The van der Waals surface area contributed by atoms with Gasteiger partial charge < -0.3 is 19.3 Å². The Hall–Kier alpha value is -2.73. The second-order valence-electron chi connectivity index (χ2n) is 10.3. The minimum absolute atomic E-state index is 0.169. The lowest BCUT2D eigenvalue weighted by atomic mass is 10.0. The maximum Gasteiger partial charge on any atom is 0.211 e. The zero-order valence-corrected chi connectivity index (χ0v) is 25.5. The molecule has 0 spiro atoms. The number of rotatable bonds is 10. The third-order valence-corrected chi connectivity index (χ3v) is 8.92. The van der Waals surface area contributed by atoms with Crippen molar-refractivity contribution >= 4 is 27.4 Å². The molecule has 0 bridgehead atoms. The molecule has 3 aromatic rings. The Morgan fingerprint density at radius 1 is 1.20 bits per heavy atom. The van der Waals surface area contributed by atoms with Crippen LogP contribution in [0.5, 0.6) is 5.75 Å². The van der Waals surface area contributed by atoms with Crippen LogP contribution in [-0.4, -0.2) is 77.6 Å². The lowest BCUT2D eigenvalue weighted by Crippen LogP contribution is -2.55. The monoisotopic (exact) mass is 591 g/mol. The van der Waals surface area contributed by atoms with E-state index in [0.29, 0.717) is 77.6 Å². The summed E-state index contributed by atoms with van der Waals surface area (Å²) in [4.78, 5) is 12.1. The maximum atomic E-state index is 12.4. The number of ether oxygens (including phenoxy) is 1. The Bertz CT molecular complexity index is 1440. The number of aromatic nitrogens is 3. The van der Waals surface area contributed by atoms with Gasteiger partial charge in [-0.1, -0.05) is 37.0 Å². The maximum absolute atomic E-state index is 12.4. The van der Waals surface area contributed by atoms with Gasteiger partial charge in [0.1, 0.15) is 23.9 Å². The third kappa shape index (κ3) is 6.43. The van der Waals surface area contributed by atoms with Gasteiger partial charge in [-0.05, 0) is 51.8 Å². The number of piperazine rings is 1. The van der Waals surface area contributed by atoms with Crippen molar-refractivity contribution < 1.29 is 22.8 Å². The number of nitrogens with zero attached hydrogens (tertiary/aromatic N) is 5. The Balaban J connectivity index is 1.81. The zero-order valence-electron chi connectivity index (χ0n) is 23.9. The summed E-state index contributed by atoms with van der Waals surface area (Å²) in [7, 11) is -3.33. The van der Waals surface area contributed by atoms with E-state index in [0.717, 1.165) is 17.5 Å². The van der Waals surface area contributed by atoms with Crippen molar-refractivity contribution in [2.75, 3.05) is 37.4 Å². The Kier molecular flexibility index (Phi) is 9.39. The number of halogens is 1. The number of hydrogen-bond donors (Lipinski definition) is 1. The number of benzene rings is 1. The first-order valence-electron chi connectivity index (χ1n) is 13.6. The highest BCUT2D eigenvalue weighted by atomic mass is 35.5. The van der Waals surface area contributed by atoms with E-state index in [1.807, 2.05) is 34.6 Å². The average molecular weight is 592 g/mol. The zero-order chi connectivity index (χ0) is 29.2. The van der Waals surface area contributed by atoms with Gasteiger partial charge in [-0.2, -0.15) is 4.31 Å². The van der Waals surface area contributed by atoms with Gasteiger partial charge in [0.25, 0.3) is 0 Å². The van der Waals surface area contributed by atoms with E-state index >= 15 is 0 Å². The molecular formula is C28H38ClN5O5S. The minimum Gasteiger partial charge on any atom is -0.491 e. The van der Waals surface area contributed by atoms with E-state index in [1.54, 1.807) is 22.5 Å². The van der Waals surface area contributed by atoms with Gasteiger partial charge in [0.05, 0.1) is 34.3 Å². The molecule has 10 nitrogen and oxygen atoms in total. The van der Waals surface area contributed by atoms with E-state index in [-0.39, 0.29) is 12.6 Å². The molecule has 4 rings (SSSR count). The first-order chi connectivity index (χ1) is 18.9. The summed E-state index contributed by atoms with van der Waals surface area (Å²) in [5.74, 6) is 2.29. The van der Waals surface area contributed by atoms with E-state index in [1.165, 1.54) is 6.26 Å². The van der Waals surface area contributed by atoms with Crippen LogP contribution in [0.2, 0.25) is 5.02 Å². The third-order valence-electron chi connectivity index (χ3n) is 7.26. The largest absolute Gasteiger partial charge is 0.491 e. The highest BCUT2D eigenvalue weighted by Crippen LogP contribution is 2.37. The average Bonchev–Trinajstić information content (AvgIpc) is 3.25. The summed E-state index contributed by atoms with van der Waals surface area (Å²) in [5, 5.41) is 14.7. The molecule has 2 atom stereocenters. The lowest BCUT2D eigenvalue weighted by Gasteiger charge is -2.40. The molecule has 1 N–H and O–H groups in total. The summed E-state index contributed by atoms with van der Waals surface area (Å²) >= 11 is 6.67. The summed E-state index contributed by atoms with van der Waals surface area (Å²) in [6.45, 7) is 11.2. The number of aliphatic hydroxyl groups excluding tert-OH is 1. The molecule has 0 aliphatic carbocycles. The molecule has 40 heavy (non-hydrogen) atoms. The molecule has 218 valence electrons. The number of sulfonamides is 1. The predicted molar refractivity (Wildman–Crippen MR) is 156 cm³/mol. The summed E-state index contributed by atoms with van der Waals surface area (Å²) in [6, 6.07) is 5.09. The second kappa shape index (κ2) is 12.4. The molecular weight excluding hydrogens is 554 g/mol. The quantitative estimate of drug-likeness (QED) is 0.355. The fourth-order valence-corrected chi connectivity index (χ4v) is 6.55. The molecule has 0 amide bonds. The van der Waals surface area contributed by atoms with Crippen LogP contribution in [0.15, 0.2) is 22.7 Å². The predicted octanol–water partition coefficient (Wildman–Crippen LogP) is 4.78. The minimum atomic E-state index is -3.33. The molecule has 1 fully saturated rings. The normalized spacial score (nSPS) is 17.3. The highest BCUT2D eigenvalue weighted by molar-refractivity contribution is 7.88. The van der Waals surface area contributed by atoms with Crippen molar-refractivity contribution in [3.05, 3.63) is 40.2 Å². The van der Waals surface area contributed by atoms with Crippen molar-refractivity contribution in [3.63, 3.8) is 0 Å². The van der Waals surface area contributed by atoms with E-state index in [9.17, 15) is 13.5 Å². The SMILES string of the molecule is CCC[C@@H](O)COc1ccc(Cl)c(-c2nc(-c3c(C)noc3C)c(C)c(N3CCN(S(C)(=O)=O)[C@H](CC)C3)n2)c1. The molecule has 2 aromatic heterocycles. The van der Waals surface area contributed by atoms with Gasteiger partial charge in [0.15, 0.2) is 5.82 Å². The van der Waals surface area contributed by atoms with Crippen LogP contribution in [0.3, 0.4) is 0 Å². The fourth-order valence-electron chi connectivity index (χ4n) is 5.17. The molecule has 1 aliphatic rings. The number of aryl methyl sites for hydroxylation is 2. The van der Waals surface area contributed by atoms with Gasteiger partial charge in [-0.15, -0.1) is 0 Å². The molecule has 0 unspecified atom stereocenters. The van der Waals surface area contributed by atoms with Crippen molar-refractivity contribution in [3.8, 4) is 28.4 Å². The Morgan fingerprint density at radius 3 is 2.58 bits per heavy atom. The van der Waals surface area contributed by atoms with Gasteiger partial charge in [-0.25, -0.2) is 18.4 Å². The van der Waals surface area contributed by atoms with E-state index in [2.05, 4.69) is 10.1 Å². The summed E-state index contributed by atoms with van der Waals surface area (Å²) in [6.07, 6.45) is 2.88. The summed E-state index contributed by atoms with van der Waals surface area (Å²) in [5.41, 5.74) is 3.59. The van der Waals surface area contributed by atoms with Gasteiger partial charge >= 0.3 is 0 Å². The topological polar surface area (TPSA) is 122 Å². The van der Waals surface area contributed by atoms with Crippen LogP contribution < -0.4 is 9.64 Å². The van der Waals surface area contributed by atoms with Crippen molar-refractivity contribution in [1.82, 2.24) is 19.4 Å². The van der Waals surface area contributed by atoms with Crippen LogP contribution in [0.25, 0.3) is 22.6 Å². The van der Waals surface area contributed by atoms with Gasteiger partial charge in [-0.3, -0.25) is 0 Å². The number of hydrogen-bond acceptors (Lipinski definition) is 9.